The fraction of sp³-hybridized carbons (Fsp3) is 0.611. The lowest BCUT2D eigenvalue weighted by Crippen LogP contribution is -2.44. The summed E-state index contributed by atoms with van der Waals surface area (Å²) in [7, 11) is 5.50. The molecule has 2 rings (SSSR count). The Morgan fingerprint density at radius 2 is 1.91 bits per heavy atom. The Hall–Kier alpha value is -1.46. The topological polar surface area (TPSA) is 32.8 Å². The molecule has 5 heteroatoms. The van der Waals surface area contributed by atoms with Crippen molar-refractivity contribution in [3.63, 3.8) is 0 Å². The Labute approximate surface area is 138 Å². The van der Waals surface area contributed by atoms with Crippen molar-refractivity contribution in [2.45, 2.75) is 25.3 Å². The number of carbonyl (C=O) groups excluding carboxylic acids is 1. The highest BCUT2D eigenvalue weighted by atomic mass is 19.1. The summed E-state index contributed by atoms with van der Waals surface area (Å²) in [5, 5.41) is 0. The van der Waals surface area contributed by atoms with Gasteiger partial charge < -0.3 is 9.64 Å². The Morgan fingerprint density at radius 3 is 2.43 bits per heavy atom. The summed E-state index contributed by atoms with van der Waals surface area (Å²) in [6, 6.07) is 5.87. The van der Waals surface area contributed by atoms with Crippen molar-refractivity contribution in [1.29, 1.82) is 0 Å². The molecule has 0 saturated carbocycles. The van der Waals surface area contributed by atoms with Crippen molar-refractivity contribution >= 4 is 5.91 Å². The van der Waals surface area contributed by atoms with Gasteiger partial charge in [0.15, 0.2) is 0 Å². The molecule has 0 bridgehead atoms. The molecule has 1 fully saturated rings. The lowest BCUT2D eigenvalue weighted by molar-refractivity contribution is -0.137. The number of likely N-dealkylation sites (N-methyl/N-ethyl adjacent to an activating group) is 1. The molecule has 1 amide bonds. The summed E-state index contributed by atoms with van der Waals surface area (Å²) in [5.74, 6) is 0.465. The van der Waals surface area contributed by atoms with Crippen molar-refractivity contribution in [3.05, 3.63) is 35.6 Å². The van der Waals surface area contributed by atoms with Gasteiger partial charge in [-0.25, -0.2) is 4.39 Å². The van der Waals surface area contributed by atoms with Gasteiger partial charge in [-0.2, -0.15) is 0 Å². The van der Waals surface area contributed by atoms with Gasteiger partial charge in [-0.05, 0) is 57.0 Å². The average molecular weight is 322 g/mol. The van der Waals surface area contributed by atoms with Gasteiger partial charge in [0.25, 0.3) is 0 Å². The van der Waals surface area contributed by atoms with Crippen LogP contribution in [-0.2, 0) is 9.53 Å². The third kappa shape index (κ3) is 4.75. The molecular formula is C18H27FN2O2. The summed E-state index contributed by atoms with van der Waals surface area (Å²) in [5.41, 5.74) is 0.836. The van der Waals surface area contributed by atoms with Crippen molar-refractivity contribution in [3.8, 4) is 0 Å². The van der Waals surface area contributed by atoms with Crippen LogP contribution in [0, 0.1) is 11.7 Å². The minimum Gasteiger partial charge on any atom is -0.385 e. The van der Waals surface area contributed by atoms with E-state index < -0.39 is 0 Å². The first-order valence-electron chi connectivity index (χ1n) is 8.22. The van der Waals surface area contributed by atoms with E-state index >= 15 is 0 Å². The minimum absolute atomic E-state index is 0.104. The van der Waals surface area contributed by atoms with Gasteiger partial charge in [-0.1, -0.05) is 12.1 Å². The number of amides is 1. The number of halogens is 1. The minimum atomic E-state index is -0.355. The zero-order valence-electron chi connectivity index (χ0n) is 14.3. The standard InChI is InChI=1S/C18H27FN2O2/c1-20(2)17(15-4-6-16(19)7-5-15)18(22)21-11-8-14(9-12-21)10-13-23-3/h4-7,14,17H,8-13H2,1-3H3/t17-/m0/s1. The van der Waals surface area contributed by atoms with Gasteiger partial charge in [0.2, 0.25) is 5.91 Å². The summed E-state index contributed by atoms with van der Waals surface area (Å²) < 4.78 is 18.3. The SMILES string of the molecule is COCCC1CCN(C(=O)[C@H](c2ccc(F)cc2)N(C)C)CC1. The van der Waals surface area contributed by atoms with Crippen LogP contribution in [-0.4, -0.2) is 56.6 Å². The van der Waals surface area contributed by atoms with Crippen molar-refractivity contribution in [1.82, 2.24) is 9.80 Å². The first-order chi connectivity index (χ1) is 11.0. The lowest BCUT2D eigenvalue weighted by Gasteiger charge is -2.36. The van der Waals surface area contributed by atoms with E-state index in [0.29, 0.717) is 5.92 Å². The van der Waals surface area contributed by atoms with Crippen LogP contribution in [0.2, 0.25) is 0 Å². The van der Waals surface area contributed by atoms with E-state index in [-0.39, 0.29) is 17.8 Å². The van der Waals surface area contributed by atoms with Crippen molar-refractivity contribution in [2.75, 3.05) is 40.9 Å². The van der Waals surface area contributed by atoms with Crippen LogP contribution >= 0.6 is 0 Å². The average Bonchev–Trinajstić information content (AvgIpc) is 2.55. The molecule has 1 heterocycles. The molecule has 0 spiro atoms. The number of methoxy groups -OCH3 is 1. The number of nitrogens with zero attached hydrogens (tertiary/aromatic N) is 2. The number of piperidine rings is 1. The van der Waals surface area contributed by atoms with E-state index in [1.807, 2.05) is 23.9 Å². The second kappa shape index (κ2) is 8.41. The molecule has 1 aromatic rings. The molecule has 1 atom stereocenters. The number of rotatable bonds is 6. The molecule has 0 radical (unpaired) electrons. The number of benzene rings is 1. The fourth-order valence-electron chi connectivity index (χ4n) is 3.21. The quantitative estimate of drug-likeness (QED) is 0.807. The summed E-state index contributed by atoms with van der Waals surface area (Å²) in [6.45, 7) is 2.37. The summed E-state index contributed by atoms with van der Waals surface area (Å²) >= 11 is 0. The van der Waals surface area contributed by atoms with Crippen LogP contribution in [0.15, 0.2) is 24.3 Å². The number of hydrogen-bond acceptors (Lipinski definition) is 3. The molecule has 4 nitrogen and oxygen atoms in total. The number of carbonyl (C=O) groups is 1. The Morgan fingerprint density at radius 1 is 1.30 bits per heavy atom. The van der Waals surface area contributed by atoms with E-state index in [4.69, 9.17) is 4.74 Å². The van der Waals surface area contributed by atoms with Crippen molar-refractivity contribution in [2.24, 2.45) is 5.92 Å². The van der Waals surface area contributed by atoms with E-state index in [9.17, 15) is 9.18 Å². The Bertz CT molecular complexity index is 496. The molecule has 23 heavy (non-hydrogen) atoms. The maximum absolute atomic E-state index is 13.1. The number of likely N-dealkylation sites (tertiary alicyclic amines) is 1. The molecule has 0 unspecified atom stereocenters. The Balaban J connectivity index is 2.01. The lowest BCUT2D eigenvalue weighted by atomic mass is 9.93. The first kappa shape index (κ1) is 17.9. The van der Waals surface area contributed by atoms with Crippen molar-refractivity contribution < 1.29 is 13.9 Å². The van der Waals surface area contributed by atoms with Crippen LogP contribution in [0.1, 0.15) is 30.9 Å². The van der Waals surface area contributed by atoms with E-state index in [0.717, 1.165) is 44.5 Å². The molecule has 1 saturated heterocycles. The molecule has 0 N–H and O–H groups in total. The van der Waals surface area contributed by atoms with E-state index in [2.05, 4.69) is 0 Å². The Kier molecular flexibility index (Phi) is 6.54. The predicted octanol–water partition coefficient (Wildman–Crippen LogP) is 2.70. The number of ether oxygens (including phenoxy) is 1. The zero-order valence-corrected chi connectivity index (χ0v) is 14.3. The van der Waals surface area contributed by atoms with Gasteiger partial charge in [0.05, 0.1) is 0 Å². The van der Waals surface area contributed by atoms with Crippen LogP contribution in [0.4, 0.5) is 4.39 Å². The smallest absolute Gasteiger partial charge is 0.244 e. The van der Waals surface area contributed by atoms with Crippen LogP contribution < -0.4 is 0 Å². The number of hydrogen-bond donors (Lipinski definition) is 0. The highest BCUT2D eigenvalue weighted by Crippen LogP contribution is 2.26. The molecule has 1 aliphatic heterocycles. The van der Waals surface area contributed by atoms with Gasteiger partial charge >= 0.3 is 0 Å². The molecule has 1 aliphatic rings. The molecular weight excluding hydrogens is 295 g/mol. The highest BCUT2D eigenvalue weighted by Gasteiger charge is 2.30. The fourth-order valence-corrected chi connectivity index (χ4v) is 3.21. The first-order valence-corrected chi connectivity index (χ1v) is 8.22. The second-order valence-electron chi connectivity index (χ2n) is 6.47. The monoisotopic (exact) mass is 322 g/mol. The maximum Gasteiger partial charge on any atom is 0.244 e. The van der Waals surface area contributed by atoms with Gasteiger partial charge in [0, 0.05) is 26.8 Å². The predicted molar refractivity (Wildman–Crippen MR) is 88.6 cm³/mol. The summed E-state index contributed by atoms with van der Waals surface area (Å²) in [6.07, 6.45) is 3.12. The van der Waals surface area contributed by atoms with Crippen LogP contribution in [0.5, 0.6) is 0 Å². The van der Waals surface area contributed by atoms with Crippen LogP contribution in [0.3, 0.4) is 0 Å². The molecule has 0 aliphatic carbocycles. The van der Waals surface area contributed by atoms with E-state index in [1.165, 1.54) is 12.1 Å². The largest absolute Gasteiger partial charge is 0.385 e. The van der Waals surface area contributed by atoms with Gasteiger partial charge in [0.1, 0.15) is 11.9 Å². The zero-order chi connectivity index (χ0) is 16.8. The summed E-state index contributed by atoms with van der Waals surface area (Å²) in [4.78, 5) is 16.7. The van der Waals surface area contributed by atoms with E-state index in [1.54, 1.807) is 19.2 Å². The third-order valence-corrected chi connectivity index (χ3v) is 4.59. The van der Waals surface area contributed by atoms with Gasteiger partial charge in [-0.15, -0.1) is 0 Å². The van der Waals surface area contributed by atoms with Crippen LogP contribution in [0.25, 0.3) is 0 Å². The second-order valence-corrected chi connectivity index (χ2v) is 6.47. The molecule has 128 valence electrons. The maximum atomic E-state index is 13.1. The molecule has 1 aromatic carbocycles. The van der Waals surface area contributed by atoms with Gasteiger partial charge in [-0.3, -0.25) is 9.69 Å². The highest BCUT2D eigenvalue weighted by molar-refractivity contribution is 5.83. The normalized spacial score (nSPS) is 17.5. The molecule has 0 aromatic heterocycles. The third-order valence-electron chi connectivity index (χ3n) is 4.59.